The third-order valence-corrected chi connectivity index (χ3v) is 4.72. The second kappa shape index (κ2) is 7.55. The number of nitro benzene ring substituents is 1. The van der Waals surface area contributed by atoms with E-state index in [4.69, 9.17) is 9.15 Å². The number of likely N-dealkylation sites (N-methyl/N-ethyl adjacent to an activating group) is 1. The summed E-state index contributed by atoms with van der Waals surface area (Å²) in [7, 11) is 3.20. The lowest BCUT2D eigenvalue weighted by atomic mass is 10.1. The van der Waals surface area contributed by atoms with Crippen LogP contribution in [0.5, 0.6) is 5.75 Å². The van der Waals surface area contributed by atoms with Gasteiger partial charge < -0.3 is 14.1 Å². The molecule has 3 aromatic rings. The van der Waals surface area contributed by atoms with Crippen LogP contribution in [0.4, 0.5) is 5.69 Å². The number of carbonyl (C=O) groups excluding carboxylic acids is 1. The van der Waals surface area contributed by atoms with E-state index in [1.807, 2.05) is 31.2 Å². The molecule has 0 fully saturated rings. The van der Waals surface area contributed by atoms with E-state index >= 15 is 0 Å². The number of aromatic nitrogens is 1. The number of rotatable bonds is 6. The van der Waals surface area contributed by atoms with Crippen molar-refractivity contribution in [3.8, 4) is 5.75 Å². The number of benzene rings is 2. The van der Waals surface area contributed by atoms with Crippen molar-refractivity contribution in [2.45, 2.75) is 19.5 Å². The summed E-state index contributed by atoms with van der Waals surface area (Å²) in [6, 6.07) is 10.9. The quantitative estimate of drug-likeness (QED) is 0.477. The Labute approximate surface area is 159 Å². The molecule has 1 heterocycles. The van der Waals surface area contributed by atoms with Crippen molar-refractivity contribution in [1.82, 2.24) is 9.47 Å². The zero-order chi connectivity index (χ0) is 20.4. The summed E-state index contributed by atoms with van der Waals surface area (Å²) in [5.74, 6) is -0.406. The highest BCUT2D eigenvalue weighted by atomic mass is 16.6. The Balaban J connectivity index is 1.87. The van der Waals surface area contributed by atoms with E-state index < -0.39 is 10.7 Å². The van der Waals surface area contributed by atoms with Crippen LogP contribution in [0.25, 0.3) is 11.1 Å². The highest BCUT2D eigenvalue weighted by molar-refractivity contribution is 5.81. The minimum atomic E-state index is -0.748. The Morgan fingerprint density at radius 2 is 2.04 bits per heavy atom. The Morgan fingerprint density at radius 1 is 1.32 bits per heavy atom. The first kappa shape index (κ1) is 19.2. The predicted molar refractivity (Wildman–Crippen MR) is 101 cm³/mol. The summed E-state index contributed by atoms with van der Waals surface area (Å²) < 4.78 is 11.6. The number of ether oxygens (including phenoxy) is 1. The lowest BCUT2D eigenvalue weighted by Gasteiger charge is -2.26. The van der Waals surface area contributed by atoms with Gasteiger partial charge in [0, 0.05) is 18.7 Å². The van der Waals surface area contributed by atoms with Gasteiger partial charge in [0.15, 0.2) is 5.58 Å². The Morgan fingerprint density at radius 3 is 2.71 bits per heavy atom. The minimum absolute atomic E-state index is 0.0624. The molecule has 0 saturated heterocycles. The van der Waals surface area contributed by atoms with Gasteiger partial charge in [-0.3, -0.25) is 19.5 Å². The maximum absolute atomic E-state index is 12.8. The van der Waals surface area contributed by atoms with Crippen molar-refractivity contribution in [3.05, 3.63) is 68.7 Å². The number of para-hydroxylation sites is 1. The molecule has 0 radical (unpaired) electrons. The monoisotopic (exact) mass is 385 g/mol. The first-order chi connectivity index (χ1) is 13.3. The molecule has 9 nitrogen and oxygen atoms in total. The first-order valence-electron chi connectivity index (χ1n) is 8.50. The third kappa shape index (κ3) is 3.46. The zero-order valence-electron chi connectivity index (χ0n) is 15.6. The van der Waals surface area contributed by atoms with Gasteiger partial charge in [-0.05, 0) is 19.1 Å². The van der Waals surface area contributed by atoms with Crippen molar-refractivity contribution >= 4 is 22.7 Å². The molecule has 0 aliphatic heterocycles. The third-order valence-electron chi connectivity index (χ3n) is 4.72. The average Bonchev–Trinajstić information content (AvgIpc) is 3.01. The van der Waals surface area contributed by atoms with E-state index in [0.717, 1.165) is 10.1 Å². The van der Waals surface area contributed by atoms with Gasteiger partial charge in [0.2, 0.25) is 5.91 Å². The Hall–Kier alpha value is -3.62. The van der Waals surface area contributed by atoms with Crippen molar-refractivity contribution in [3.63, 3.8) is 0 Å². The van der Waals surface area contributed by atoms with E-state index in [9.17, 15) is 19.7 Å². The fourth-order valence-electron chi connectivity index (χ4n) is 3.00. The predicted octanol–water partition coefficient (Wildman–Crippen LogP) is 2.73. The molecule has 0 aliphatic carbocycles. The van der Waals surface area contributed by atoms with Crippen LogP contribution >= 0.6 is 0 Å². The molecule has 1 atom stereocenters. The van der Waals surface area contributed by atoms with Gasteiger partial charge in [-0.2, -0.15) is 0 Å². The van der Waals surface area contributed by atoms with Gasteiger partial charge >= 0.3 is 5.76 Å². The Bertz CT molecular complexity index is 1100. The van der Waals surface area contributed by atoms with Crippen LogP contribution in [0.3, 0.4) is 0 Å². The number of methoxy groups -OCH3 is 1. The molecular weight excluding hydrogens is 366 g/mol. The highest BCUT2D eigenvalue weighted by Crippen LogP contribution is 2.28. The van der Waals surface area contributed by atoms with Gasteiger partial charge in [-0.25, -0.2) is 4.79 Å². The smallest absolute Gasteiger partial charge is 0.420 e. The molecule has 0 saturated carbocycles. The molecule has 0 spiro atoms. The molecule has 28 heavy (non-hydrogen) atoms. The maximum Gasteiger partial charge on any atom is 0.420 e. The van der Waals surface area contributed by atoms with Crippen LogP contribution in [0.1, 0.15) is 18.5 Å². The van der Waals surface area contributed by atoms with Crippen LogP contribution in [0.2, 0.25) is 0 Å². The number of oxazole rings is 1. The number of hydrogen-bond acceptors (Lipinski definition) is 6. The van der Waals surface area contributed by atoms with Gasteiger partial charge in [-0.1, -0.05) is 18.2 Å². The molecule has 2 aromatic carbocycles. The fraction of sp³-hybridized carbons (Fsp3) is 0.263. The number of hydrogen-bond donors (Lipinski definition) is 0. The largest absolute Gasteiger partial charge is 0.496 e. The molecule has 146 valence electrons. The normalized spacial score (nSPS) is 12.0. The lowest BCUT2D eigenvalue weighted by Crippen LogP contribution is -2.34. The summed E-state index contributed by atoms with van der Waals surface area (Å²) >= 11 is 0. The summed E-state index contributed by atoms with van der Waals surface area (Å²) in [5, 5.41) is 10.9. The van der Waals surface area contributed by atoms with Crippen LogP contribution in [-0.4, -0.2) is 34.5 Å². The van der Waals surface area contributed by atoms with Crippen molar-refractivity contribution in [2.75, 3.05) is 14.2 Å². The summed E-state index contributed by atoms with van der Waals surface area (Å²) in [6.45, 7) is 1.61. The van der Waals surface area contributed by atoms with Crippen LogP contribution in [-0.2, 0) is 11.3 Å². The molecule has 1 aromatic heterocycles. The molecule has 1 unspecified atom stereocenters. The average molecular weight is 385 g/mol. The number of nitrogens with zero attached hydrogens (tertiary/aromatic N) is 3. The molecule has 1 amide bonds. The summed E-state index contributed by atoms with van der Waals surface area (Å²) in [4.78, 5) is 36.7. The minimum Gasteiger partial charge on any atom is -0.496 e. The molecular formula is C19H19N3O6. The van der Waals surface area contributed by atoms with E-state index in [1.54, 1.807) is 14.2 Å². The topological polar surface area (TPSA) is 108 Å². The van der Waals surface area contributed by atoms with Gasteiger partial charge in [0.05, 0.1) is 29.7 Å². The number of nitro groups is 1. The molecule has 9 heteroatoms. The van der Waals surface area contributed by atoms with Gasteiger partial charge in [0.1, 0.15) is 12.3 Å². The van der Waals surface area contributed by atoms with Crippen LogP contribution < -0.4 is 10.5 Å². The summed E-state index contributed by atoms with van der Waals surface area (Å²) in [6.07, 6.45) is 0. The summed E-state index contributed by atoms with van der Waals surface area (Å²) in [5.41, 5.74) is 1.03. The molecule has 3 rings (SSSR count). The molecule has 0 bridgehead atoms. The van der Waals surface area contributed by atoms with Crippen LogP contribution in [0, 0.1) is 10.1 Å². The van der Waals surface area contributed by atoms with E-state index in [0.29, 0.717) is 11.3 Å². The number of carbonyl (C=O) groups is 1. The Kier molecular flexibility index (Phi) is 5.16. The SMILES string of the molecule is COc1ccccc1C(C)N(C)C(=O)Cn1c(=O)oc2cc([N+](=O)[O-])ccc21. The zero-order valence-corrected chi connectivity index (χ0v) is 15.6. The lowest BCUT2D eigenvalue weighted by molar-refractivity contribution is -0.384. The van der Waals surface area contributed by atoms with E-state index in [2.05, 4.69) is 0 Å². The van der Waals surface area contributed by atoms with E-state index in [1.165, 1.54) is 23.1 Å². The van der Waals surface area contributed by atoms with Crippen molar-refractivity contribution in [2.24, 2.45) is 0 Å². The van der Waals surface area contributed by atoms with Gasteiger partial charge in [-0.15, -0.1) is 0 Å². The van der Waals surface area contributed by atoms with Crippen molar-refractivity contribution in [1.29, 1.82) is 0 Å². The first-order valence-corrected chi connectivity index (χ1v) is 8.50. The molecule has 0 N–H and O–H groups in total. The number of non-ortho nitro benzene ring substituents is 1. The van der Waals surface area contributed by atoms with Gasteiger partial charge in [0.25, 0.3) is 5.69 Å². The fourth-order valence-corrected chi connectivity index (χ4v) is 3.00. The second-order valence-electron chi connectivity index (χ2n) is 6.29. The van der Waals surface area contributed by atoms with E-state index in [-0.39, 0.29) is 29.8 Å². The number of fused-ring (bicyclic) bond motifs is 1. The number of amides is 1. The standard InChI is InChI=1S/C19H19N3O6/c1-12(14-6-4-5-7-16(14)27-3)20(2)18(23)11-21-15-9-8-13(22(25)26)10-17(15)28-19(21)24/h4-10,12H,11H2,1-3H3. The maximum atomic E-state index is 12.8. The highest BCUT2D eigenvalue weighted by Gasteiger charge is 2.23. The second-order valence-corrected chi connectivity index (χ2v) is 6.29. The van der Waals surface area contributed by atoms with Crippen LogP contribution in [0.15, 0.2) is 51.7 Å². The van der Waals surface area contributed by atoms with Crippen molar-refractivity contribution < 1.29 is 18.9 Å². The molecule has 0 aliphatic rings.